The molecule has 0 heterocycles. The molecular formula is C30H23NO5. The molecule has 0 N–H and O–H groups in total. The molecule has 0 unspecified atom stereocenters. The Kier molecular flexibility index (Phi) is 6.33. The number of carbonyl (C=O) groups excluding carboxylic acids is 1. The SMILES string of the molecule is C[C@@H](Oc1ccc([N+](=O)[O-])cc1)C(=O)OC(c1cccc2ccccc12)c1cccc2ccccc12. The average molecular weight is 478 g/mol. The third-order valence-electron chi connectivity index (χ3n) is 6.14. The van der Waals surface area contributed by atoms with Crippen molar-refractivity contribution in [3.63, 3.8) is 0 Å². The maximum Gasteiger partial charge on any atom is 0.347 e. The molecule has 178 valence electrons. The summed E-state index contributed by atoms with van der Waals surface area (Å²) in [4.78, 5) is 23.7. The van der Waals surface area contributed by atoms with Gasteiger partial charge in [0.2, 0.25) is 0 Å². The predicted octanol–water partition coefficient (Wildman–Crippen LogP) is 7.00. The second kappa shape index (κ2) is 9.88. The van der Waals surface area contributed by atoms with Gasteiger partial charge < -0.3 is 9.47 Å². The van der Waals surface area contributed by atoms with Crippen LogP contribution in [0.15, 0.2) is 109 Å². The fourth-order valence-corrected chi connectivity index (χ4v) is 4.36. The molecule has 36 heavy (non-hydrogen) atoms. The van der Waals surface area contributed by atoms with Crippen LogP contribution in [-0.2, 0) is 9.53 Å². The van der Waals surface area contributed by atoms with Gasteiger partial charge in [0.25, 0.3) is 5.69 Å². The summed E-state index contributed by atoms with van der Waals surface area (Å²) in [5, 5.41) is 15.0. The van der Waals surface area contributed by atoms with Crippen LogP contribution in [0, 0.1) is 10.1 Å². The standard InChI is InChI=1S/C30H23NO5/c1-20(35-24-18-16-23(17-19-24)31(33)34)30(32)36-29(27-14-6-10-21-8-2-4-12-25(21)27)28-15-7-11-22-9-3-5-13-26(22)28/h2-20,29H,1H3/t20-/m1/s1. The maximum absolute atomic E-state index is 13.3. The first-order chi connectivity index (χ1) is 17.5. The zero-order valence-corrected chi connectivity index (χ0v) is 19.5. The van der Waals surface area contributed by atoms with E-state index in [9.17, 15) is 14.9 Å². The summed E-state index contributed by atoms with van der Waals surface area (Å²) in [5.41, 5.74) is 1.70. The highest BCUT2D eigenvalue weighted by Gasteiger charge is 2.26. The smallest absolute Gasteiger partial charge is 0.347 e. The first kappa shape index (κ1) is 23.1. The molecule has 6 heteroatoms. The number of esters is 1. The van der Waals surface area contributed by atoms with Crippen molar-refractivity contribution < 1.29 is 19.2 Å². The molecule has 0 spiro atoms. The Bertz CT molecular complexity index is 1470. The molecule has 0 aliphatic heterocycles. The number of fused-ring (bicyclic) bond motifs is 2. The predicted molar refractivity (Wildman–Crippen MR) is 139 cm³/mol. The fraction of sp³-hybridized carbons (Fsp3) is 0.100. The zero-order valence-electron chi connectivity index (χ0n) is 19.5. The van der Waals surface area contributed by atoms with Crippen molar-refractivity contribution in [2.24, 2.45) is 0 Å². The van der Waals surface area contributed by atoms with E-state index >= 15 is 0 Å². The largest absolute Gasteiger partial charge is 0.479 e. The van der Waals surface area contributed by atoms with Gasteiger partial charge >= 0.3 is 5.97 Å². The van der Waals surface area contributed by atoms with E-state index in [0.717, 1.165) is 32.7 Å². The number of nitro benzene ring substituents is 1. The van der Waals surface area contributed by atoms with E-state index < -0.39 is 23.1 Å². The second-order valence-electron chi connectivity index (χ2n) is 8.46. The minimum absolute atomic E-state index is 0.0513. The Morgan fingerprint density at radius 3 is 1.75 bits per heavy atom. The van der Waals surface area contributed by atoms with Crippen LogP contribution in [-0.4, -0.2) is 17.0 Å². The number of non-ortho nitro benzene ring substituents is 1. The summed E-state index contributed by atoms with van der Waals surface area (Å²) in [6, 6.07) is 33.5. The van der Waals surface area contributed by atoms with Crippen LogP contribution < -0.4 is 4.74 Å². The molecule has 0 saturated carbocycles. The normalized spacial score (nSPS) is 11.9. The third-order valence-corrected chi connectivity index (χ3v) is 6.14. The third kappa shape index (κ3) is 4.61. The van der Waals surface area contributed by atoms with Crippen molar-refractivity contribution in [2.75, 3.05) is 0 Å². The number of hydrogen-bond donors (Lipinski definition) is 0. The summed E-state index contributed by atoms with van der Waals surface area (Å²) in [7, 11) is 0. The van der Waals surface area contributed by atoms with Gasteiger partial charge in [-0.05, 0) is 40.6 Å². The number of nitrogens with zero attached hydrogens (tertiary/aromatic N) is 1. The van der Waals surface area contributed by atoms with E-state index in [4.69, 9.17) is 9.47 Å². The first-order valence-electron chi connectivity index (χ1n) is 11.6. The van der Waals surface area contributed by atoms with Crippen molar-refractivity contribution in [3.05, 3.63) is 130 Å². The molecule has 0 fully saturated rings. The Labute approximate surface area is 207 Å². The number of carbonyl (C=O) groups is 1. The molecule has 1 atom stereocenters. The number of nitro groups is 1. The van der Waals surface area contributed by atoms with Gasteiger partial charge in [0.15, 0.2) is 12.2 Å². The van der Waals surface area contributed by atoms with Crippen molar-refractivity contribution in [1.82, 2.24) is 0 Å². The van der Waals surface area contributed by atoms with Crippen molar-refractivity contribution >= 4 is 33.2 Å². The van der Waals surface area contributed by atoms with Crippen molar-refractivity contribution in [1.29, 1.82) is 0 Å². The van der Waals surface area contributed by atoms with Crippen LogP contribution >= 0.6 is 0 Å². The van der Waals surface area contributed by atoms with E-state index in [2.05, 4.69) is 0 Å². The van der Waals surface area contributed by atoms with Gasteiger partial charge in [0.05, 0.1) is 4.92 Å². The van der Waals surface area contributed by atoms with Crippen LogP contribution in [0.4, 0.5) is 5.69 Å². The summed E-state index contributed by atoms with van der Waals surface area (Å²) in [6.07, 6.45) is -1.60. The molecule has 0 amide bonds. The topological polar surface area (TPSA) is 78.7 Å². The Morgan fingerprint density at radius 2 is 1.22 bits per heavy atom. The molecule has 0 saturated heterocycles. The molecule has 0 aromatic heterocycles. The zero-order chi connectivity index (χ0) is 25.1. The first-order valence-corrected chi connectivity index (χ1v) is 11.6. The van der Waals surface area contributed by atoms with Gasteiger partial charge in [-0.1, -0.05) is 84.9 Å². The quantitative estimate of drug-likeness (QED) is 0.143. The molecular weight excluding hydrogens is 454 g/mol. The van der Waals surface area contributed by atoms with E-state index in [1.54, 1.807) is 6.92 Å². The lowest BCUT2D eigenvalue weighted by Crippen LogP contribution is -2.28. The van der Waals surface area contributed by atoms with Gasteiger partial charge in [-0.2, -0.15) is 0 Å². The lowest BCUT2D eigenvalue weighted by atomic mass is 9.92. The van der Waals surface area contributed by atoms with E-state index in [1.165, 1.54) is 24.3 Å². The second-order valence-corrected chi connectivity index (χ2v) is 8.46. The van der Waals surface area contributed by atoms with E-state index in [0.29, 0.717) is 5.75 Å². The Hall–Kier alpha value is -4.71. The minimum atomic E-state index is -0.932. The number of benzene rings is 5. The lowest BCUT2D eigenvalue weighted by molar-refractivity contribution is -0.384. The van der Waals surface area contributed by atoms with Gasteiger partial charge in [-0.25, -0.2) is 4.79 Å². The van der Waals surface area contributed by atoms with Crippen LogP contribution in [0.1, 0.15) is 24.2 Å². The highest BCUT2D eigenvalue weighted by atomic mass is 16.6. The molecule has 0 bridgehead atoms. The van der Waals surface area contributed by atoms with Gasteiger partial charge in [0.1, 0.15) is 5.75 Å². The van der Waals surface area contributed by atoms with Crippen LogP contribution in [0.5, 0.6) is 5.75 Å². The fourth-order valence-electron chi connectivity index (χ4n) is 4.36. The van der Waals surface area contributed by atoms with E-state index in [1.807, 2.05) is 84.9 Å². The molecule has 0 radical (unpaired) electrons. The molecule has 5 aromatic carbocycles. The maximum atomic E-state index is 13.3. The number of hydrogen-bond acceptors (Lipinski definition) is 5. The van der Waals surface area contributed by atoms with Crippen LogP contribution in [0.2, 0.25) is 0 Å². The van der Waals surface area contributed by atoms with Gasteiger partial charge in [-0.15, -0.1) is 0 Å². The molecule has 5 aromatic rings. The van der Waals surface area contributed by atoms with Gasteiger partial charge in [-0.3, -0.25) is 10.1 Å². The van der Waals surface area contributed by atoms with Gasteiger partial charge in [0, 0.05) is 23.3 Å². The average Bonchev–Trinajstić information content (AvgIpc) is 2.91. The Balaban J connectivity index is 1.51. The Morgan fingerprint density at radius 1 is 0.722 bits per heavy atom. The highest BCUT2D eigenvalue weighted by Crippen LogP contribution is 2.36. The minimum Gasteiger partial charge on any atom is -0.479 e. The van der Waals surface area contributed by atoms with Crippen LogP contribution in [0.3, 0.4) is 0 Å². The van der Waals surface area contributed by atoms with E-state index in [-0.39, 0.29) is 5.69 Å². The van der Waals surface area contributed by atoms with Crippen molar-refractivity contribution in [3.8, 4) is 5.75 Å². The summed E-state index contributed by atoms with van der Waals surface area (Å²) >= 11 is 0. The monoisotopic (exact) mass is 477 g/mol. The number of rotatable bonds is 7. The lowest BCUT2D eigenvalue weighted by Gasteiger charge is -2.24. The molecule has 5 rings (SSSR count). The molecule has 0 aliphatic rings. The summed E-state index contributed by atoms with van der Waals surface area (Å²) in [5.74, 6) is -0.198. The highest BCUT2D eigenvalue weighted by molar-refractivity contribution is 5.90. The number of ether oxygens (including phenoxy) is 2. The molecule has 0 aliphatic carbocycles. The van der Waals surface area contributed by atoms with Crippen molar-refractivity contribution in [2.45, 2.75) is 19.1 Å². The summed E-state index contributed by atoms with van der Waals surface area (Å²) < 4.78 is 11.9. The summed E-state index contributed by atoms with van der Waals surface area (Å²) in [6.45, 7) is 1.60. The molecule has 6 nitrogen and oxygen atoms in total. The van der Waals surface area contributed by atoms with Crippen LogP contribution in [0.25, 0.3) is 21.5 Å².